The lowest BCUT2D eigenvalue weighted by Gasteiger charge is -2.32. The van der Waals surface area contributed by atoms with E-state index in [4.69, 9.17) is 0 Å². The van der Waals surface area contributed by atoms with Crippen LogP contribution in [0.2, 0.25) is 0 Å². The Bertz CT molecular complexity index is 200. The first-order valence-electron chi connectivity index (χ1n) is 5.91. The highest BCUT2D eigenvalue weighted by Crippen LogP contribution is 2.09. The lowest BCUT2D eigenvalue weighted by Crippen LogP contribution is -2.48. The second-order valence-electron chi connectivity index (χ2n) is 4.17. The summed E-state index contributed by atoms with van der Waals surface area (Å²) in [7, 11) is 1.83. The Hall–Kier alpha value is -0.770. The van der Waals surface area contributed by atoms with E-state index in [0.717, 1.165) is 39.0 Å². The highest BCUT2D eigenvalue weighted by molar-refractivity contribution is 5.74. The fourth-order valence-electron chi connectivity index (χ4n) is 1.82. The Kier molecular flexibility index (Phi) is 4.88. The number of nitrogens with one attached hydrogen (secondary N) is 1. The molecule has 0 spiro atoms. The summed E-state index contributed by atoms with van der Waals surface area (Å²) in [5.41, 5.74) is 0. The number of rotatable bonds is 3. The van der Waals surface area contributed by atoms with Gasteiger partial charge in [-0.3, -0.25) is 0 Å². The van der Waals surface area contributed by atoms with Crippen LogP contribution in [-0.4, -0.2) is 55.1 Å². The molecule has 1 fully saturated rings. The van der Waals surface area contributed by atoms with Crippen molar-refractivity contribution in [1.82, 2.24) is 15.1 Å². The maximum atomic E-state index is 11.6. The van der Waals surface area contributed by atoms with Crippen molar-refractivity contribution in [3.63, 3.8) is 0 Å². The number of piperidine rings is 1. The molecule has 1 saturated heterocycles. The van der Waals surface area contributed by atoms with Crippen LogP contribution < -0.4 is 5.32 Å². The van der Waals surface area contributed by atoms with E-state index >= 15 is 0 Å². The highest BCUT2D eigenvalue weighted by Gasteiger charge is 2.20. The van der Waals surface area contributed by atoms with E-state index in [-0.39, 0.29) is 6.03 Å². The lowest BCUT2D eigenvalue weighted by molar-refractivity contribution is 0.183. The zero-order valence-electron chi connectivity index (χ0n) is 10.1. The molecule has 0 aromatic rings. The van der Waals surface area contributed by atoms with E-state index in [2.05, 4.69) is 17.1 Å². The molecule has 1 aliphatic rings. The summed E-state index contributed by atoms with van der Waals surface area (Å²) in [5.74, 6) is 0. The number of carbonyl (C=O) groups excluding carboxylic acids is 1. The van der Waals surface area contributed by atoms with Crippen molar-refractivity contribution in [2.24, 2.45) is 0 Å². The van der Waals surface area contributed by atoms with E-state index in [1.54, 1.807) is 4.90 Å². The van der Waals surface area contributed by atoms with E-state index in [0.29, 0.717) is 6.04 Å². The number of urea groups is 1. The predicted octanol–water partition coefficient (Wildman–Crippen LogP) is 1.13. The summed E-state index contributed by atoms with van der Waals surface area (Å²) in [5, 5.41) is 3.07. The molecule has 0 bridgehead atoms. The highest BCUT2D eigenvalue weighted by atomic mass is 16.2. The third-order valence-corrected chi connectivity index (χ3v) is 3.18. The number of likely N-dealkylation sites (tertiary alicyclic amines) is 1. The van der Waals surface area contributed by atoms with Crippen molar-refractivity contribution >= 4 is 6.03 Å². The predicted molar refractivity (Wildman–Crippen MR) is 62.0 cm³/mol. The molecule has 1 heterocycles. The Morgan fingerprint density at radius 3 is 2.47 bits per heavy atom. The largest absolute Gasteiger partial charge is 0.335 e. The number of nitrogens with zero attached hydrogens (tertiary/aromatic N) is 2. The molecule has 4 nitrogen and oxygen atoms in total. The third-order valence-electron chi connectivity index (χ3n) is 3.18. The van der Waals surface area contributed by atoms with Crippen molar-refractivity contribution < 1.29 is 4.79 Å². The molecule has 0 atom stereocenters. The zero-order chi connectivity index (χ0) is 11.3. The minimum atomic E-state index is 0.0625. The van der Waals surface area contributed by atoms with Gasteiger partial charge in [0, 0.05) is 32.7 Å². The minimum absolute atomic E-state index is 0.0625. The summed E-state index contributed by atoms with van der Waals surface area (Å²) in [6.45, 7) is 8.27. The molecule has 0 aliphatic carbocycles. The average Bonchev–Trinajstić information content (AvgIpc) is 2.29. The Labute approximate surface area is 92.6 Å². The molecular formula is C11H23N3O. The SMILES string of the molecule is CCN1CCC(NC(=O)N(C)CC)CC1. The summed E-state index contributed by atoms with van der Waals surface area (Å²) in [4.78, 5) is 15.7. The van der Waals surface area contributed by atoms with Gasteiger partial charge in [0.15, 0.2) is 0 Å². The van der Waals surface area contributed by atoms with E-state index in [1.807, 2.05) is 14.0 Å². The lowest BCUT2D eigenvalue weighted by atomic mass is 10.1. The van der Waals surface area contributed by atoms with E-state index in [9.17, 15) is 4.79 Å². The van der Waals surface area contributed by atoms with Gasteiger partial charge in [0.2, 0.25) is 0 Å². The van der Waals surface area contributed by atoms with Gasteiger partial charge in [-0.25, -0.2) is 4.79 Å². The smallest absolute Gasteiger partial charge is 0.317 e. The van der Waals surface area contributed by atoms with Crippen LogP contribution in [0.5, 0.6) is 0 Å². The average molecular weight is 213 g/mol. The standard InChI is InChI=1S/C11H23N3O/c1-4-13(3)11(15)12-10-6-8-14(5-2)9-7-10/h10H,4-9H2,1-3H3,(H,12,15). The summed E-state index contributed by atoms with van der Waals surface area (Å²) < 4.78 is 0. The van der Waals surface area contributed by atoms with Gasteiger partial charge >= 0.3 is 6.03 Å². The van der Waals surface area contributed by atoms with Gasteiger partial charge in [-0.1, -0.05) is 6.92 Å². The fourth-order valence-corrected chi connectivity index (χ4v) is 1.82. The number of carbonyl (C=O) groups is 1. The quantitative estimate of drug-likeness (QED) is 0.763. The van der Waals surface area contributed by atoms with E-state index in [1.165, 1.54) is 0 Å². The molecule has 1 aliphatic heterocycles. The molecular weight excluding hydrogens is 190 g/mol. The molecule has 1 N–H and O–H groups in total. The van der Waals surface area contributed by atoms with Crippen LogP contribution in [0.4, 0.5) is 4.79 Å². The molecule has 0 aromatic carbocycles. The molecule has 88 valence electrons. The van der Waals surface area contributed by atoms with Crippen LogP contribution in [0.1, 0.15) is 26.7 Å². The van der Waals surface area contributed by atoms with Crippen molar-refractivity contribution in [1.29, 1.82) is 0 Å². The first-order chi connectivity index (χ1) is 7.17. The normalized spacial score (nSPS) is 18.9. The van der Waals surface area contributed by atoms with Crippen LogP contribution in [0.3, 0.4) is 0 Å². The monoisotopic (exact) mass is 213 g/mol. The van der Waals surface area contributed by atoms with Gasteiger partial charge in [0.05, 0.1) is 0 Å². The topological polar surface area (TPSA) is 35.6 Å². The van der Waals surface area contributed by atoms with Crippen molar-refractivity contribution in [3.05, 3.63) is 0 Å². The van der Waals surface area contributed by atoms with Gasteiger partial charge in [-0.05, 0) is 26.3 Å². The van der Waals surface area contributed by atoms with E-state index < -0.39 is 0 Å². The second kappa shape index (κ2) is 5.95. The van der Waals surface area contributed by atoms with Crippen LogP contribution in [-0.2, 0) is 0 Å². The van der Waals surface area contributed by atoms with Gasteiger partial charge < -0.3 is 15.1 Å². The first kappa shape index (κ1) is 12.3. The molecule has 2 amide bonds. The maximum Gasteiger partial charge on any atom is 0.317 e. The Morgan fingerprint density at radius 2 is 2.00 bits per heavy atom. The summed E-state index contributed by atoms with van der Waals surface area (Å²) in [6.07, 6.45) is 2.16. The van der Waals surface area contributed by atoms with Crippen LogP contribution in [0, 0.1) is 0 Å². The molecule has 0 radical (unpaired) electrons. The molecule has 0 aromatic heterocycles. The first-order valence-corrected chi connectivity index (χ1v) is 5.91. The van der Waals surface area contributed by atoms with Gasteiger partial charge in [-0.15, -0.1) is 0 Å². The number of amides is 2. The van der Waals surface area contributed by atoms with Crippen LogP contribution >= 0.6 is 0 Å². The maximum absolute atomic E-state index is 11.6. The summed E-state index contributed by atoms with van der Waals surface area (Å²) in [6, 6.07) is 0.432. The molecule has 0 saturated carbocycles. The summed E-state index contributed by atoms with van der Waals surface area (Å²) >= 11 is 0. The van der Waals surface area contributed by atoms with Crippen molar-refractivity contribution in [2.75, 3.05) is 33.2 Å². The second-order valence-corrected chi connectivity index (χ2v) is 4.17. The Morgan fingerprint density at radius 1 is 1.40 bits per heavy atom. The molecule has 0 unspecified atom stereocenters. The fraction of sp³-hybridized carbons (Fsp3) is 0.909. The molecule has 1 rings (SSSR count). The molecule has 4 heteroatoms. The Balaban J connectivity index is 2.26. The van der Waals surface area contributed by atoms with Crippen LogP contribution in [0.25, 0.3) is 0 Å². The molecule has 15 heavy (non-hydrogen) atoms. The minimum Gasteiger partial charge on any atom is -0.335 e. The number of hydrogen-bond donors (Lipinski definition) is 1. The van der Waals surface area contributed by atoms with Crippen molar-refractivity contribution in [3.8, 4) is 0 Å². The van der Waals surface area contributed by atoms with Crippen molar-refractivity contribution in [2.45, 2.75) is 32.7 Å². The third kappa shape index (κ3) is 3.70. The van der Waals surface area contributed by atoms with Gasteiger partial charge in [0.25, 0.3) is 0 Å². The van der Waals surface area contributed by atoms with Gasteiger partial charge in [0.1, 0.15) is 0 Å². The van der Waals surface area contributed by atoms with Gasteiger partial charge in [-0.2, -0.15) is 0 Å². The number of hydrogen-bond acceptors (Lipinski definition) is 2. The van der Waals surface area contributed by atoms with Crippen LogP contribution in [0.15, 0.2) is 0 Å². The zero-order valence-corrected chi connectivity index (χ0v) is 10.1.